The Morgan fingerprint density at radius 3 is 2.79 bits per heavy atom. The van der Waals surface area contributed by atoms with Crippen LogP contribution in [0.3, 0.4) is 0 Å². The lowest BCUT2D eigenvalue weighted by Crippen LogP contribution is -2.36. The first-order valence-electron chi connectivity index (χ1n) is 5.57. The van der Waals surface area contributed by atoms with Gasteiger partial charge in [0.25, 0.3) is 0 Å². The van der Waals surface area contributed by atoms with Gasteiger partial charge in [0.1, 0.15) is 0 Å². The van der Waals surface area contributed by atoms with Gasteiger partial charge in [0.05, 0.1) is 0 Å². The van der Waals surface area contributed by atoms with Crippen molar-refractivity contribution in [3.63, 3.8) is 0 Å². The molecular weight excluding hydrogens is 174 g/mol. The van der Waals surface area contributed by atoms with Crippen molar-refractivity contribution in [3.8, 4) is 0 Å². The van der Waals surface area contributed by atoms with Crippen LogP contribution in [0.15, 0.2) is 22.9 Å². The van der Waals surface area contributed by atoms with Gasteiger partial charge in [-0.1, -0.05) is 6.08 Å². The molecule has 3 aliphatic rings. The predicted molar refractivity (Wildman–Crippen MR) is 54.8 cm³/mol. The smallest absolute Gasteiger partial charge is 0.164 e. The van der Waals surface area contributed by atoms with E-state index in [1.54, 1.807) is 0 Å². The average Bonchev–Trinajstić information content (AvgIpc) is 2.24. The Balaban J connectivity index is 2.10. The number of ketones is 1. The SMILES string of the molecule is O=C1CC=C2CCCN3CCCC1=C23. The van der Waals surface area contributed by atoms with E-state index in [4.69, 9.17) is 0 Å². The number of rotatable bonds is 0. The van der Waals surface area contributed by atoms with Crippen LogP contribution in [0.5, 0.6) is 0 Å². The van der Waals surface area contributed by atoms with E-state index in [-0.39, 0.29) is 0 Å². The first kappa shape index (κ1) is 8.27. The summed E-state index contributed by atoms with van der Waals surface area (Å²) < 4.78 is 0. The molecule has 14 heavy (non-hydrogen) atoms. The van der Waals surface area contributed by atoms with Gasteiger partial charge in [-0.15, -0.1) is 0 Å². The van der Waals surface area contributed by atoms with Crippen LogP contribution in [0.1, 0.15) is 32.1 Å². The van der Waals surface area contributed by atoms with Crippen LogP contribution in [0.2, 0.25) is 0 Å². The summed E-state index contributed by atoms with van der Waals surface area (Å²) in [5.74, 6) is 0.371. The highest BCUT2D eigenvalue weighted by Crippen LogP contribution is 2.37. The Bertz CT molecular complexity index is 351. The number of allylic oxidation sites excluding steroid dienone is 3. The standard InChI is InChI=1S/C12H15NO/c14-11-6-5-9-3-1-7-13-8-2-4-10(11)12(9)13/h5H,1-4,6-8H2. The molecule has 0 atom stereocenters. The number of hydrogen-bond acceptors (Lipinski definition) is 2. The monoisotopic (exact) mass is 189 g/mol. The van der Waals surface area contributed by atoms with E-state index in [1.165, 1.54) is 24.1 Å². The molecule has 3 rings (SSSR count). The van der Waals surface area contributed by atoms with Gasteiger partial charge in [-0.05, 0) is 31.3 Å². The number of carbonyl (C=O) groups excluding carboxylic acids is 1. The van der Waals surface area contributed by atoms with Crippen molar-refractivity contribution in [2.24, 2.45) is 0 Å². The van der Waals surface area contributed by atoms with Crippen LogP contribution in [-0.4, -0.2) is 23.8 Å². The highest BCUT2D eigenvalue weighted by Gasteiger charge is 2.31. The summed E-state index contributed by atoms with van der Waals surface area (Å²) in [6, 6.07) is 0. The zero-order valence-electron chi connectivity index (χ0n) is 8.38. The normalized spacial score (nSPS) is 26.1. The lowest BCUT2D eigenvalue weighted by Gasteiger charge is -2.40. The largest absolute Gasteiger partial charge is 0.371 e. The van der Waals surface area contributed by atoms with Crippen molar-refractivity contribution in [1.82, 2.24) is 4.90 Å². The van der Waals surface area contributed by atoms with Gasteiger partial charge in [-0.3, -0.25) is 4.79 Å². The van der Waals surface area contributed by atoms with Crippen LogP contribution in [0, 0.1) is 0 Å². The molecule has 1 aliphatic carbocycles. The van der Waals surface area contributed by atoms with Crippen LogP contribution in [0.25, 0.3) is 0 Å². The highest BCUT2D eigenvalue weighted by atomic mass is 16.1. The van der Waals surface area contributed by atoms with Crippen LogP contribution in [-0.2, 0) is 4.79 Å². The summed E-state index contributed by atoms with van der Waals surface area (Å²) in [6.07, 6.45) is 7.43. The minimum absolute atomic E-state index is 0.371. The Hall–Kier alpha value is -1.05. The Morgan fingerprint density at radius 1 is 1.14 bits per heavy atom. The summed E-state index contributed by atoms with van der Waals surface area (Å²) in [4.78, 5) is 14.2. The maximum absolute atomic E-state index is 11.7. The molecule has 1 fully saturated rings. The molecule has 2 heteroatoms. The number of nitrogens with zero attached hydrogens (tertiary/aromatic N) is 1. The molecular formula is C12H15NO. The van der Waals surface area contributed by atoms with Gasteiger partial charge < -0.3 is 4.90 Å². The number of hydrogen-bond donors (Lipinski definition) is 0. The Kier molecular flexibility index (Phi) is 1.76. The molecule has 0 radical (unpaired) electrons. The molecule has 74 valence electrons. The fourth-order valence-electron chi connectivity index (χ4n) is 2.88. The molecule has 0 N–H and O–H groups in total. The quantitative estimate of drug-likeness (QED) is 0.581. The second-order valence-corrected chi connectivity index (χ2v) is 4.38. The number of carbonyl (C=O) groups is 1. The van der Waals surface area contributed by atoms with E-state index in [9.17, 15) is 4.79 Å². The van der Waals surface area contributed by atoms with Gasteiger partial charge in [-0.25, -0.2) is 0 Å². The Labute approximate surface area is 84.3 Å². The maximum atomic E-state index is 11.7. The molecule has 2 aliphatic heterocycles. The molecule has 0 saturated carbocycles. The molecule has 0 aromatic carbocycles. The molecule has 1 saturated heterocycles. The Morgan fingerprint density at radius 2 is 1.93 bits per heavy atom. The summed E-state index contributed by atoms with van der Waals surface area (Å²) >= 11 is 0. The molecule has 0 amide bonds. The third-order valence-electron chi connectivity index (χ3n) is 3.51. The second kappa shape index (κ2) is 2.97. The van der Waals surface area contributed by atoms with Crippen molar-refractivity contribution in [3.05, 3.63) is 22.9 Å². The molecule has 0 bridgehead atoms. The van der Waals surface area contributed by atoms with Crippen molar-refractivity contribution < 1.29 is 4.79 Å². The predicted octanol–water partition coefficient (Wildman–Crippen LogP) is 2.03. The third-order valence-corrected chi connectivity index (χ3v) is 3.51. The van der Waals surface area contributed by atoms with Crippen molar-refractivity contribution in [2.45, 2.75) is 32.1 Å². The second-order valence-electron chi connectivity index (χ2n) is 4.38. The molecule has 2 heterocycles. The van der Waals surface area contributed by atoms with E-state index in [2.05, 4.69) is 11.0 Å². The summed E-state index contributed by atoms with van der Waals surface area (Å²) in [5.41, 5.74) is 3.90. The van der Waals surface area contributed by atoms with Crippen molar-refractivity contribution in [2.75, 3.05) is 13.1 Å². The number of Topliss-reactive ketones (excluding diaryl/α,β-unsaturated/α-hetero) is 1. The zero-order chi connectivity index (χ0) is 9.54. The molecule has 0 spiro atoms. The van der Waals surface area contributed by atoms with Gasteiger partial charge in [0.15, 0.2) is 5.78 Å². The van der Waals surface area contributed by atoms with Gasteiger partial charge in [0.2, 0.25) is 0 Å². The fourth-order valence-corrected chi connectivity index (χ4v) is 2.88. The lowest BCUT2D eigenvalue weighted by atomic mass is 9.84. The van der Waals surface area contributed by atoms with Crippen molar-refractivity contribution in [1.29, 1.82) is 0 Å². The first-order chi connectivity index (χ1) is 6.86. The minimum Gasteiger partial charge on any atom is -0.371 e. The van der Waals surface area contributed by atoms with E-state index in [0.717, 1.165) is 31.5 Å². The third kappa shape index (κ3) is 1.06. The maximum Gasteiger partial charge on any atom is 0.164 e. The van der Waals surface area contributed by atoms with E-state index in [1.807, 2.05) is 0 Å². The summed E-state index contributed by atoms with van der Waals surface area (Å²) in [5, 5.41) is 0. The first-order valence-corrected chi connectivity index (χ1v) is 5.57. The minimum atomic E-state index is 0.371. The van der Waals surface area contributed by atoms with Crippen LogP contribution < -0.4 is 0 Å². The van der Waals surface area contributed by atoms with Crippen molar-refractivity contribution >= 4 is 5.78 Å². The fraction of sp³-hybridized carbons (Fsp3) is 0.583. The highest BCUT2D eigenvalue weighted by molar-refractivity contribution is 5.99. The van der Waals surface area contributed by atoms with Gasteiger partial charge >= 0.3 is 0 Å². The lowest BCUT2D eigenvalue weighted by molar-refractivity contribution is -0.115. The van der Waals surface area contributed by atoms with E-state index in [0.29, 0.717) is 12.2 Å². The average molecular weight is 189 g/mol. The van der Waals surface area contributed by atoms with Crippen LogP contribution >= 0.6 is 0 Å². The molecule has 0 aromatic rings. The topological polar surface area (TPSA) is 20.3 Å². The molecule has 0 unspecified atom stereocenters. The van der Waals surface area contributed by atoms with Crippen LogP contribution in [0.4, 0.5) is 0 Å². The zero-order valence-corrected chi connectivity index (χ0v) is 8.38. The molecule has 0 aromatic heterocycles. The van der Waals surface area contributed by atoms with Gasteiger partial charge in [-0.2, -0.15) is 0 Å². The van der Waals surface area contributed by atoms with Gasteiger partial charge in [0, 0.05) is 30.8 Å². The summed E-state index contributed by atoms with van der Waals surface area (Å²) in [7, 11) is 0. The number of piperidine rings is 1. The molecule has 2 nitrogen and oxygen atoms in total. The summed E-state index contributed by atoms with van der Waals surface area (Å²) in [6.45, 7) is 2.31. The van der Waals surface area contributed by atoms with E-state index >= 15 is 0 Å². The van der Waals surface area contributed by atoms with E-state index < -0.39 is 0 Å².